The lowest BCUT2D eigenvalue weighted by Crippen LogP contribution is -2.40. The van der Waals surface area contributed by atoms with Gasteiger partial charge < -0.3 is 19.5 Å². The number of benzene rings is 1. The number of amides is 1. The van der Waals surface area contributed by atoms with Gasteiger partial charge in [0.25, 0.3) is 5.91 Å². The lowest BCUT2D eigenvalue weighted by Gasteiger charge is -2.26. The van der Waals surface area contributed by atoms with Crippen LogP contribution in [0.15, 0.2) is 18.2 Å². The van der Waals surface area contributed by atoms with Gasteiger partial charge in [0.15, 0.2) is 0 Å². The van der Waals surface area contributed by atoms with Gasteiger partial charge in [-0.15, -0.1) is 11.3 Å². The molecule has 0 aliphatic carbocycles. The smallest absolute Gasteiger partial charge is 0.303 e. The Morgan fingerprint density at radius 2 is 2.04 bits per heavy atom. The van der Waals surface area contributed by atoms with Gasteiger partial charge in [-0.2, -0.15) is 0 Å². The molecule has 0 radical (unpaired) electrons. The summed E-state index contributed by atoms with van der Waals surface area (Å²) < 4.78 is 11.6. The summed E-state index contributed by atoms with van der Waals surface area (Å²) in [6.45, 7) is 2.37. The van der Waals surface area contributed by atoms with Gasteiger partial charge in [0.05, 0.1) is 25.2 Å². The molecule has 6 nitrogen and oxygen atoms in total. The number of carbonyl (C=O) groups excluding carboxylic acids is 1. The minimum Gasteiger partial charge on any atom is -0.496 e. The maximum absolute atomic E-state index is 12.6. The van der Waals surface area contributed by atoms with Crippen LogP contribution in [0.4, 0.5) is 0 Å². The molecule has 24 heavy (non-hydrogen) atoms. The predicted molar refractivity (Wildman–Crippen MR) is 91.1 cm³/mol. The summed E-state index contributed by atoms with van der Waals surface area (Å²) in [5.41, 5.74) is 0.843. The fourth-order valence-corrected chi connectivity index (χ4v) is 3.81. The van der Waals surface area contributed by atoms with Crippen LogP contribution >= 0.6 is 11.3 Å². The number of hydrogen-bond acceptors (Lipinski definition) is 5. The minimum absolute atomic E-state index is 0.0190. The number of carboxylic acids is 1. The zero-order valence-electron chi connectivity index (χ0n) is 13.4. The molecular formula is C17H19NO5S. The van der Waals surface area contributed by atoms with Crippen molar-refractivity contribution in [3.05, 3.63) is 28.6 Å². The fourth-order valence-electron chi connectivity index (χ4n) is 2.77. The number of aryl methyl sites for hydroxylation is 1. The molecule has 1 aromatic heterocycles. The van der Waals surface area contributed by atoms with Gasteiger partial charge in [0.1, 0.15) is 5.75 Å². The van der Waals surface area contributed by atoms with Gasteiger partial charge in [-0.25, -0.2) is 0 Å². The van der Waals surface area contributed by atoms with Gasteiger partial charge in [-0.3, -0.25) is 9.59 Å². The Morgan fingerprint density at radius 3 is 2.71 bits per heavy atom. The number of carboxylic acid groups (broad SMARTS) is 1. The first-order valence-corrected chi connectivity index (χ1v) is 8.59. The van der Waals surface area contributed by atoms with E-state index in [1.54, 1.807) is 12.0 Å². The van der Waals surface area contributed by atoms with Crippen LogP contribution in [0.3, 0.4) is 0 Å². The van der Waals surface area contributed by atoms with Crippen molar-refractivity contribution < 1.29 is 24.2 Å². The minimum atomic E-state index is -0.842. The standard InChI is InChI=1S/C17H19NO5S/c1-22-13-10-14-12(8-11(13)2-3-16(19)20)9-15(24-14)17(21)18-4-6-23-7-5-18/h8-10H,2-7H2,1H3,(H,19,20). The van der Waals surface area contributed by atoms with E-state index in [9.17, 15) is 9.59 Å². The van der Waals surface area contributed by atoms with Crippen LogP contribution in [0, 0.1) is 0 Å². The average molecular weight is 349 g/mol. The van der Waals surface area contributed by atoms with Crippen LogP contribution in [-0.4, -0.2) is 55.3 Å². The summed E-state index contributed by atoms with van der Waals surface area (Å²) in [7, 11) is 1.57. The third kappa shape index (κ3) is 3.52. The Balaban J connectivity index is 1.89. The quantitative estimate of drug-likeness (QED) is 0.897. The van der Waals surface area contributed by atoms with Crippen LogP contribution in [0.25, 0.3) is 10.1 Å². The molecule has 1 aliphatic rings. The number of methoxy groups -OCH3 is 1. The summed E-state index contributed by atoms with van der Waals surface area (Å²) >= 11 is 1.43. The third-order valence-corrected chi connectivity index (χ3v) is 5.12. The topological polar surface area (TPSA) is 76.1 Å². The van der Waals surface area contributed by atoms with Crippen molar-refractivity contribution in [3.8, 4) is 5.75 Å². The second-order valence-corrected chi connectivity index (χ2v) is 6.69. The number of carbonyl (C=O) groups is 2. The molecule has 7 heteroatoms. The fraction of sp³-hybridized carbons (Fsp3) is 0.412. The van der Waals surface area contributed by atoms with Crippen molar-refractivity contribution in [2.24, 2.45) is 0 Å². The Hall–Kier alpha value is -2.12. The Bertz CT molecular complexity index is 764. The van der Waals surface area contributed by atoms with Crippen LogP contribution in [0.2, 0.25) is 0 Å². The highest BCUT2D eigenvalue weighted by molar-refractivity contribution is 7.20. The number of aliphatic carboxylic acids is 1. The van der Waals surface area contributed by atoms with Crippen LogP contribution in [0.5, 0.6) is 5.75 Å². The zero-order valence-corrected chi connectivity index (χ0v) is 14.2. The lowest BCUT2D eigenvalue weighted by atomic mass is 10.1. The Morgan fingerprint density at radius 1 is 1.29 bits per heavy atom. The highest BCUT2D eigenvalue weighted by Gasteiger charge is 2.21. The molecule has 1 aliphatic heterocycles. The van der Waals surface area contributed by atoms with Gasteiger partial charge in [0, 0.05) is 24.2 Å². The Labute approximate surface area is 143 Å². The molecule has 0 atom stereocenters. The number of morpholine rings is 1. The highest BCUT2D eigenvalue weighted by atomic mass is 32.1. The van der Waals surface area contributed by atoms with E-state index >= 15 is 0 Å². The molecule has 0 bridgehead atoms. The monoisotopic (exact) mass is 349 g/mol. The number of thiophene rings is 1. The van der Waals surface area contributed by atoms with E-state index in [4.69, 9.17) is 14.6 Å². The maximum atomic E-state index is 12.6. The van der Waals surface area contributed by atoms with Crippen LogP contribution in [0.1, 0.15) is 21.7 Å². The largest absolute Gasteiger partial charge is 0.496 e. The predicted octanol–water partition coefficient (Wildman–Crippen LogP) is 2.40. The van der Waals surface area contributed by atoms with Gasteiger partial charge in [0.2, 0.25) is 0 Å². The first kappa shape index (κ1) is 16.7. The molecule has 1 saturated heterocycles. The van der Waals surface area contributed by atoms with Crippen molar-refractivity contribution in [1.82, 2.24) is 4.90 Å². The molecule has 2 aromatic rings. The molecule has 1 aromatic carbocycles. The molecule has 128 valence electrons. The maximum Gasteiger partial charge on any atom is 0.303 e. The van der Waals surface area contributed by atoms with E-state index in [0.29, 0.717) is 43.4 Å². The molecule has 1 N–H and O–H groups in total. The van der Waals surface area contributed by atoms with Gasteiger partial charge in [-0.05, 0) is 35.6 Å². The number of ether oxygens (including phenoxy) is 2. The normalized spacial score (nSPS) is 14.8. The lowest BCUT2D eigenvalue weighted by molar-refractivity contribution is -0.136. The van der Waals surface area contributed by atoms with Crippen molar-refractivity contribution in [3.63, 3.8) is 0 Å². The summed E-state index contributed by atoms with van der Waals surface area (Å²) in [6.07, 6.45) is 0.447. The highest BCUT2D eigenvalue weighted by Crippen LogP contribution is 2.33. The van der Waals surface area contributed by atoms with E-state index in [0.717, 1.165) is 15.6 Å². The molecule has 1 fully saturated rings. The zero-order chi connectivity index (χ0) is 17.1. The van der Waals surface area contributed by atoms with Crippen molar-refractivity contribution in [1.29, 1.82) is 0 Å². The first-order chi connectivity index (χ1) is 11.6. The van der Waals surface area contributed by atoms with Crippen molar-refractivity contribution in [2.45, 2.75) is 12.8 Å². The van der Waals surface area contributed by atoms with E-state index in [-0.39, 0.29) is 12.3 Å². The number of hydrogen-bond donors (Lipinski definition) is 1. The SMILES string of the molecule is COc1cc2sc(C(=O)N3CCOCC3)cc2cc1CCC(=O)O. The summed E-state index contributed by atoms with van der Waals surface area (Å²) in [5.74, 6) is -0.160. The second kappa shape index (κ2) is 7.19. The van der Waals surface area contributed by atoms with E-state index < -0.39 is 5.97 Å². The third-order valence-electron chi connectivity index (χ3n) is 4.04. The first-order valence-electron chi connectivity index (χ1n) is 7.78. The summed E-state index contributed by atoms with van der Waals surface area (Å²) in [4.78, 5) is 25.9. The van der Waals surface area contributed by atoms with E-state index in [1.165, 1.54) is 11.3 Å². The number of nitrogens with zero attached hydrogens (tertiary/aromatic N) is 1. The van der Waals surface area contributed by atoms with Crippen LogP contribution in [-0.2, 0) is 16.0 Å². The molecule has 3 rings (SSSR count). The average Bonchev–Trinajstić information content (AvgIpc) is 3.01. The molecular weight excluding hydrogens is 330 g/mol. The summed E-state index contributed by atoms with van der Waals surface area (Å²) in [5, 5.41) is 9.82. The van der Waals surface area contributed by atoms with Crippen molar-refractivity contribution >= 4 is 33.3 Å². The van der Waals surface area contributed by atoms with Gasteiger partial charge in [-0.1, -0.05) is 0 Å². The molecule has 0 saturated carbocycles. The van der Waals surface area contributed by atoms with Gasteiger partial charge >= 0.3 is 5.97 Å². The molecule has 2 heterocycles. The number of fused-ring (bicyclic) bond motifs is 1. The van der Waals surface area contributed by atoms with E-state index in [1.807, 2.05) is 18.2 Å². The van der Waals surface area contributed by atoms with Crippen molar-refractivity contribution in [2.75, 3.05) is 33.4 Å². The van der Waals surface area contributed by atoms with Crippen LogP contribution < -0.4 is 4.74 Å². The molecule has 1 amide bonds. The number of rotatable bonds is 5. The molecule has 0 unspecified atom stereocenters. The second-order valence-electron chi connectivity index (χ2n) is 5.61. The Kier molecular flexibility index (Phi) is 5.01. The molecule has 0 spiro atoms. The van der Waals surface area contributed by atoms with E-state index in [2.05, 4.69) is 0 Å². The summed E-state index contributed by atoms with van der Waals surface area (Å²) in [6, 6.07) is 5.68.